The highest BCUT2D eigenvalue weighted by atomic mass is 16.3. The van der Waals surface area contributed by atoms with E-state index in [0.29, 0.717) is 19.1 Å². The second-order valence-corrected chi connectivity index (χ2v) is 3.96. The van der Waals surface area contributed by atoms with Gasteiger partial charge in [0.25, 0.3) is 0 Å². The molecule has 1 atom stereocenters. The molecule has 1 rings (SSSR count). The lowest BCUT2D eigenvalue weighted by molar-refractivity contribution is 0.118. The Morgan fingerprint density at radius 3 is 3.00 bits per heavy atom. The largest absolute Gasteiger partial charge is 0.396 e. The lowest BCUT2D eigenvalue weighted by Crippen LogP contribution is -2.40. The van der Waals surface area contributed by atoms with Crippen molar-refractivity contribution in [2.75, 3.05) is 19.7 Å². The number of likely N-dealkylation sites (tertiary alicyclic amines) is 1. The van der Waals surface area contributed by atoms with Crippen molar-refractivity contribution in [3.63, 3.8) is 0 Å². The van der Waals surface area contributed by atoms with Crippen LogP contribution in [0.4, 0.5) is 0 Å². The zero-order valence-corrected chi connectivity index (χ0v) is 8.78. The summed E-state index contributed by atoms with van der Waals surface area (Å²) >= 11 is 0. The topological polar surface area (TPSA) is 47.3 Å². The van der Waals surface area contributed by atoms with E-state index < -0.39 is 0 Å². The highest BCUT2D eigenvalue weighted by Crippen LogP contribution is 2.19. The minimum Gasteiger partial charge on any atom is -0.396 e. The first-order chi connectivity index (χ1) is 6.88. The number of hydrogen-bond acceptors (Lipinski definition) is 3. The van der Waals surface area contributed by atoms with Gasteiger partial charge >= 0.3 is 0 Å². The maximum Gasteiger partial charge on any atom is 0.0622 e. The summed E-state index contributed by atoms with van der Waals surface area (Å²) in [5.41, 5.74) is 0. The first-order valence-electron chi connectivity index (χ1n) is 5.60. The molecule has 1 heterocycles. The van der Waals surface area contributed by atoms with Crippen molar-refractivity contribution in [1.82, 2.24) is 4.90 Å². The number of hydrogen-bond donors (Lipinski definition) is 1. The summed E-state index contributed by atoms with van der Waals surface area (Å²) in [6.45, 7) is 2.47. The van der Waals surface area contributed by atoms with Gasteiger partial charge in [-0.1, -0.05) is 6.42 Å². The van der Waals surface area contributed by atoms with Crippen LogP contribution in [0.2, 0.25) is 0 Å². The van der Waals surface area contributed by atoms with Crippen LogP contribution in [0, 0.1) is 11.3 Å². The number of aliphatic hydroxyl groups is 1. The average molecular weight is 196 g/mol. The van der Waals surface area contributed by atoms with E-state index >= 15 is 0 Å². The molecule has 1 N–H and O–H groups in total. The zero-order valence-electron chi connectivity index (χ0n) is 8.78. The molecule has 1 saturated heterocycles. The van der Waals surface area contributed by atoms with Crippen LogP contribution in [0.1, 0.15) is 38.5 Å². The first-order valence-corrected chi connectivity index (χ1v) is 5.60. The summed E-state index contributed by atoms with van der Waals surface area (Å²) in [4.78, 5) is 2.44. The molecule has 0 aliphatic carbocycles. The lowest BCUT2D eigenvalue weighted by Gasteiger charge is -2.35. The molecule has 14 heavy (non-hydrogen) atoms. The van der Waals surface area contributed by atoms with Crippen molar-refractivity contribution in [3.05, 3.63) is 0 Å². The molecule has 80 valence electrons. The molecule has 1 aliphatic heterocycles. The molecule has 0 aromatic heterocycles. The second-order valence-electron chi connectivity index (χ2n) is 3.96. The predicted octanol–water partition coefficient (Wildman–Crippen LogP) is 1.53. The van der Waals surface area contributed by atoms with Gasteiger partial charge in [-0.25, -0.2) is 0 Å². The summed E-state index contributed by atoms with van der Waals surface area (Å²) in [6, 6.07) is 2.74. The van der Waals surface area contributed by atoms with Gasteiger partial charge in [-0.2, -0.15) is 5.26 Å². The van der Waals surface area contributed by atoms with E-state index in [0.717, 1.165) is 25.9 Å². The first kappa shape index (κ1) is 11.5. The molecule has 0 spiro atoms. The molecule has 0 radical (unpaired) electrons. The van der Waals surface area contributed by atoms with Gasteiger partial charge in [-0.3, -0.25) is 0 Å². The summed E-state index contributed by atoms with van der Waals surface area (Å²) in [6.07, 6.45) is 6.30. The number of rotatable bonds is 5. The van der Waals surface area contributed by atoms with Crippen molar-refractivity contribution >= 4 is 0 Å². The third-order valence-electron chi connectivity index (χ3n) is 2.95. The van der Waals surface area contributed by atoms with E-state index in [1.54, 1.807) is 0 Å². The van der Waals surface area contributed by atoms with Gasteiger partial charge in [0.05, 0.1) is 6.07 Å². The molecule has 1 aliphatic rings. The molecule has 1 unspecified atom stereocenters. The Bertz CT molecular complexity index is 186. The van der Waals surface area contributed by atoms with Crippen LogP contribution in [0.5, 0.6) is 0 Å². The fraction of sp³-hybridized carbons (Fsp3) is 0.909. The number of piperidine rings is 1. The lowest BCUT2D eigenvalue weighted by atomic mass is 9.99. The summed E-state index contributed by atoms with van der Waals surface area (Å²) in [7, 11) is 0. The molecular weight excluding hydrogens is 176 g/mol. The molecule has 0 amide bonds. The Hall–Kier alpha value is -0.590. The van der Waals surface area contributed by atoms with Crippen molar-refractivity contribution in [3.8, 4) is 6.07 Å². The number of aliphatic hydroxyl groups excluding tert-OH is 1. The number of nitrogens with zero attached hydrogens (tertiary/aromatic N) is 2. The van der Waals surface area contributed by atoms with Gasteiger partial charge in [-0.15, -0.1) is 0 Å². The van der Waals surface area contributed by atoms with Gasteiger partial charge in [0.15, 0.2) is 0 Å². The predicted molar refractivity (Wildman–Crippen MR) is 55.8 cm³/mol. The molecule has 3 heteroatoms. The molecule has 3 nitrogen and oxygen atoms in total. The molecule has 1 fully saturated rings. The Kier molecular flexibility index (Phi) is 5.58. The molecule has 0 bridgehead atoms. The SMILES string of the molecule is N#CCCCN1CCCCC1CCO. The van der Waals surface area contributed by atoms with Crippen LogP contribution in [-0.4, -0.2) is 35.7 Å². The maximum atomic E-state index is 8.93. The summed E-state index contributed by atoms with van der Waals surface area (Å²) < 4.78 is 0. The standard InChI is InChI=1S/C11H20N2O/c12-7-2-4-9-13-8-3-1-5-11(13)6-10-14/h11,14H,1-6,8-10H2. The van der Waals surface area contributed by atoms with Gasteiger partial charge < -0.3 is 10.0 Å². The minimum absolute atomic E-state index is 0.291. The third-order valence-corrected chi connectivity index (χ3v) is 2.95. The van der Waals surface area contributed by atoms with Crippen molar-refractivity contribution < 1.29 is 5.11 Å². The summed E-state index contributed by atoms with van der Waals surface area (Å²) in [5, 5.41) is 17.4. The minimum atomic E-state index is 0.291. The van der Waals surface area contributed by atoms with Crippen LogP contribution in [0.15, 0.2) is 0 Å². The zero-order chi connectivity index (χ0) is 10.2. The van der Waals surface area contributed by atoms with E-state index in [-0.39, 0.29) is 0 Å². The Balaban J connectivity index is 2.27. The molecular formula is C11H20N2O. The van der Waals surface area contributed by atoms with Gasteiger partial charge in [0.1, 0.15) is 0 Å². The Morgan fingerprint density at radius 1 is 1.43 bits per heavy atom. The number of unbranched alkanes of at least 4 members (excludes halogenated alkanes) is 1. The van der Waals surface area contributed by atoms with Crippen LogP contribution < -0.4 is 0 Å². The quantitative estimate of drug-likeness (QED) is 0.678. The van der Waals surface area contributed by atoms with Crippen LogP contribution in [0.25, 0.3) is 0 Å². The van der Waals surface area contributed by atoms with Crippen molar-refractivity contribution in [2.45, 2.75) is 44.6 Å². The highest BCUT2D eigenvalue weighted by molar-refractivity contribution is 4.78. The smallest absolute Gasteiger partial charge is 0.0622 e. The monoisotopic (exact) mass is 196 g/mol. The van der Waals surface area contributed by atoms with Crippen molar-refractivity contribution in [1.29, 1.82) is 5.26 Å². The van der Waals surface area contributed by atoms with E-state index in [2.05, 4.69) is 11.0 Å². The fourth-order valence-electron chi connectivity index (χ4n) is 2.19. The Labute approximate surface area is 86.3 Å². The molecule has 0 aromatic carbocycles. The summed E-state index contributed by atoms with van der Waals surface area (Å²) in [5.74, 6) is 0. The van der Waals surface area contributed by atoms with E-state index in [9.17, 15) is 0 Å². The normalized spacial score (nSPS) is 23.3. The van der Waals surface area contributed by atoms with Crippen molar-refractivity contribution in [2.24, 2.45) is 0 Å². The van der Waals surface area contributed by atoms with Crippen LogP contribution >= 0.6 is 0 Å². The van der Waals surface area contributed by atoms with E-state index in [4.69, 9.17) is 10.4 Å². The Morgan fingerprint density at radius 2 is 2.29 bits per heavy atom. The van der Waals surface area contributed by atoms with Crippen LogP contribution in [0.3, 0.4) is 0 Å². The van der Waals surface area contributed by atoms with E-state index in [1.165, 1.54) is 19.3 Å². The fourth-order valence-corrected chi connectivity index (χ4v) is 2.19. The van der Waals surface area contributed by atoms with E-state index in [1.807, 2.05) is 0 Å². The van der Waals surface area contributed by atoms with Gasteiger partial charge in [0, 0.05) is 19.1 Å². The maximum absolute atomic E-state index is 8.93. The molecule has 0 saturated carbocycles. The number of nitriles is 1. The van der Waals surface area contributed by atoms with Gasteiger partial charge in [0.2, 0.25) is 0 Å². The molecule has 0 aromatic rings. The third kappa shape index (κ3) is 3.65. The average Bonchev–Trinajstić information content (AvgIpc) is 2.21. The second kappa shape index (κ2) is 6.80. The highest BCUT2D eigenvalue weighted by Gasteiger charge is 2.20. The van der Waals surface area contributed by atoms with Gasteiger partial charge in [-0.05, 0) is 38.8 Å². The van der Waals surface area contributed by atoms with Crippen LogP contribution in [-0.2, 0) is 0 Å².